The third-order valence-corrected chi connectivity index (χ3v) is 4.28. The zero-order valence-electron chi connectivity index (χ0n) is 13.2. The molecule has 3 heterocycles. The molecule has 130 valence electrons. The Morgan fingerprint density at radius 1 is 1.08 bits per heavy atom. The molecule has 0 saturated carbocycles. The van der Waals surface area contributed by atoms with Gasteiger partial charge in [-0.3, -0.25) is 5.10 Å². The number of fused-ring (bicyclic) bond motifs is 1. The van der Waals surface area contributed by atoms with E-state index in [0.717, 1.165) is 31.0 Å². The van der Waals surface area contributed by atoms with E-state index in [9.17, 15) is 13.2 Å². The lowest BCUT2D eigenvalue weighted by Gasteiger charge is -2.27. The minimum Gasteiger partial charge on any atom is -0.378 e. The number of hydrogen-bond acceptors (Lipinski definition) is 4. The first-order chi connectivity index (χ1) is 12.0. The fraction of sp³-hybridized carbons (Fsp3) is 0.294. The fourth-order valence-corrected chi connectivity index (χ4v) is 2.98. The average molecular weight is 348 g/mol. The van der Waals surface area contributed by atoms with E-state index in [0.29, 0.717) is 35.2 Å². The largest absolute Gasteiger partial charge is 0.416 e. The van der Waals surface area contributed by atoms with Crippen LogP contribution in [-0.4, -0.2) is 41.5 Å². The van der Waals surface area contributed by atoms with Gasteiger partial charge >= 0.3 is 6.18 Å². The van der Waals surface area contributed by atoms with Gasteiger partial charge < -0.3 is 9.64 Å². The van der Waals surface area contributed by atoms with E-state index in [-0.39, 0.29) is 0 Å². The summed E-state index contributed by atoms with van der Waals surface area (Å²) in [4.78, 5) is 6.51. The SMILES string of the molecule is FC(F)(F)c1cc(-c2ccc(N3CCOCC3)nc2)c2cn[nH]c2c1. The van der Waals surface area contributed by atoms with Gasteiger partial charge in [-0.25, -0.2) is 4.98 Å². The van der Waals surface area contributed by atoms with E-state index in [4.69, 9.17) is 4.74 Å². The normalized spacial score (nSPS) is 15.7. The lowest BCUT2D eigenvalue weighted by molar-refractivity contribution is -0.137. The standard InChI is InChI=1S/C17H15F3N4O/c18-17(19,20)12-7-13(14-10-22-23-15(14)8-12)11-1-2-16(21-9-11)24-3-5-25-6-4-24/h1-2,7-10H,3-6H2,(H,22,23). The molecule has 1 aliphatic rings. The van der Waals surface area contributed by atoms with Gasteiger partial charge in [-0.2, -0.15) is 18.3 Å². The molecular weight excluding hydrogens is 333 g/mol. The van der Waals surface area contributed by atoms with Crippen LogP contribution in [0.2, 0.25) is 0 Å². The van der Waals surface area contributed by atoms with Crippen molar-refractivity contribution in [1.29, 1.82) is 0 Å². The summed E-state index contributed by atoms with van der Waals surface area (Å²) >= 11 is 0. The number of aromatic nitrogens is 3. The van der Waals surface area contributed by atoms with Gasteiger partial charge in [0.2, 0.25) is 0 Å². The first-order valence-electron chi connectivity index (χ1n) is 7.86. The molecule has 0 spiro atoms. The zero-order valence-corrected chi connectivity index (χ0v) is 13.2. The Labute approximate surface area is 141 Å². The summed E-state index contributed by atoms with van der Waals surface area (Å²) in [5.41, 5.74) is 0.715. The number of nitrogens with zero attached hydrogens (tertiary/aromatic N) is 3. The summed E-state index contributed by atoms with van der Waals surface area (Å²) in [5, 5.41) is 7.11. The Morgan fingerprint density at radius 3 is 2.56 bits per heavy atom. The van der Waals surface area contributed by atoms with Crippen LogP contribution in [0.25, 0.3) is 22.0 Å². The Morgan fingerprint density at radius 2 is 1.88 bits per heavy atom. The Balaban J connectivity index is 1.74. The van der Waals surface area contributed by atoms with Crippen LogP contribution in [0.15, 0.2) is 36.7 Å². The smallest absolute Gasteiger partial charge is 0.378 e. The van der Waals surface area contributed by atoms with Gasteiger partial charge in [-0.1, -0.05) is 0 Å². The monoisotopic (exact) mass is 348 g/mol. The average Bonchev–Trinajstić information content (AvgIpc) is 3.10. The Hall–Kier alpha value is -2.61. The third kappa shape index (κ3) is 3.05. The number of ether oxygens (including phenoxy) is 1. The molecule has 0 amide bonds. The number of anilines is 1. The summed E-state index contributed by atoms with van der Waals surface area (Å²) in [6, 6.07) is 5.83. The van der Waals surface area contributed by atoms with E-state index in [1.165, 1.54) is 6.20 Å². The molecule has 0 aliphatic carbocycles. The Kier molecular flexibility index (Phi) is 3.84. The Bertz CT molecular complexity index is 883. The van der Waals surface area contributed by atoms with E-state index in [2.05, 4.69) is 20.1 Å². The molecule has 3 aromatic rings. The van der Waals surface area contributed by atoms with Crippen LogP contribution >= 0.6 is 0 Å². The van der Waals surface area contributed by atoms with E-state index >= 15 is 0 Å². The van der Waals surface area contributed by atoms with Crippen LogP contribution in [-0.2, 0) is 10.9 Å². The summed E-state index contributed by atoms with van der Waals surface area (Å²) in [6.45, 7) is 2.79. The number of hydrogen-bond donors (Lipinski definition) is 1. The van der Waals surface area contributed by atoms with Crippen LogP contribution in [0.4, 0.5) is 19.0 Å². The van der Waals surface area contributed by atoms with Crippen molar-refractivity contribution in [2.75, 3.05) is 31.2 Å². The number of aromatic amines is 1. The fourth-order valence-electron chi connectivity index (χ4n) is 2.98. The number of morpholine rings is 1. The predicted octanol–water partition coefficient (Wildman–Crippen LogP) is 3.48. The minimum absolute atomic E-state index is 0.349. The van der Waals surface area contributed by atoms with Crippen molar-refractivity contribution in [3.8, 4) is 11.1 Å². The van der Waals surface area contributed by atoms with Gasteiger partial charge in [-0.05, 0) is 29.8 Å². The number of halogens is 3. The van der Waals surface area contributed by atoms with Crippen molar-refractivity contribution in [3.63, 3.8) is 0 Å². The zero-order chi connectivity index (χ0) is 17.4. The van der Waals surface area contributed by atoms with Crippen LogP contribution in [0, 0.1) is 0 Å². The predicted molar refractivity (Wildman–Crippen MR) is 87.4 cm³/mol. The molecule has 4 rings (SSSR count). The second-order valence-electron chi connectivity index (χ2n) is 5.86. The van der Waals surface area contributed by atoms with Crippen LogP contribution in [0.1, 0.15) is 5.56 Å². The van der Waals surface area contributed by atoms with Crippen molar-refractivity contribution in [2.45, 2.75) is 6.18 Å². The first-order valence-corrected chi connectivity index (χ1v) is 7.86. The van der Waals surface area contributed by atoms with Gasteiger partial charge in [0.1, 0.15) is 5.82 Å². The van der Waals surface area contributed by atoms with Gasteiger partial charge in [0.05, 0.1) is 30.5 Å². The number of pyridine rings is 1. The van der Waals surface area contributed by atoms with Crippen molar-refractivity contribution in [2.24, 2.45) is 0 Å². The minimum atomic E-state index is -4.42. The van der Waals surface area contributed by atoms with E-state index < -0.39 is 11.7 Å². The molecule has 2 aromatic heterocycles. The molecule has 1 aromatic carbocycles. The number of H-pyrrole nitrogens is 1. The molecule has 0 atom stereocenters. The van der Waals surface area contributed by atoms with Crippen molar-refractivity contribution >= 4 is 16.7 Å². The van der Waals surface area contributed by atoms with Crippen LogP contribution < -0.4 is 4.90 Å². The summed E-state index contributed by atoms with van der Waals surface area (Å²) < 4.78 is 44.8. The molecule has 1 aliphatic heterocycles. The molecule has 1 N–H and O–H groups in total. The van der Waals surface area contributed by atoms with Crippen LogP contribution in [0.5, 0.6) is 0 Å². The lowest BCUT2D eigenvalue weighted by Crippen LogP contribution is -2.36. The van der Waals surface area contributed by atoms with Crippen molar-refractivity contribution in [1.82, 2.24) is 15.2 Å². The molecule has 1 saturated heterocycles. The van der Waals surface area contributed by atoms with Crippen LogP contribution in [0.3, 0.4) is 0 Å². The maximum Gasteiger partial charge on any atom is 0.416 e. The highest BCUT2D eigenvalue weighted by Crippen LogP contribution is 2.36. The van der Waals surface area contributed by atoms with E-state index in [1.807, 2.05) is 6.07 Å². The first kappa shape index (κ1) is 15.9. The van der Waals surface area contributed by atoms with Gasteiger partial charge in [-0.15, -0.1) is 0 Å². The summed E-state index contributed by atoms with van der Waals surface area (Å²) in [6.07, 6.45) is -1.29. The number of benzene rings is 1. The van der Waals surface area contributed by atoms with Gasteiger partial charge in [0.25, 0.3) is 0 Å². The summed E-state index contributed by atoms with van der Waals surface area (Å²) in [5.74, 6) is 0.794. The molecule has 1 fully saturated rings. The maximum absolute atomic E-state index is 13.2. The van der Waals surface area contributed by atoms with E-state index in [1.54, 1.807) is 12.3 Å². The molecule has 0 bridgehead atoms. The molecule has 8 heteroatoms. The highest BCUT2D eigenvalue weighted by atomic mass is 19.4. The maximum atomic E-state index is 13.2. The second-order valence-corrected chi connectivity index (χ2v) is 5.86. The number of nitrogens with one attached hydrogen (secondary N) is 1. The lowest BCUT2D eigenvalue weighted by atomic mass is 10.00. The quantitative estimate of drug-likeness (QED) is 0.770. The van der Waals surface area contributed by atoms with Gasteiger partial charge in [0.15, 0.2) is 0 Å². The molecular formula is C17H15F3N4O. The topological polar surface area (TPSA) is 54.0 Å². The second kappa shape index (κ2) is 6.03. The highest BCUT2D eigenvalue weighted by Gasteiger charge is 2.31. The molecule has 0 radical (unpaired) electrons. The number of rotatable bonds is 2. The van der Waals surface area contributed by atoms with Crippen molar-refractivity contribution < 1.29 is 17.9 Å². The summed E-state index contributed by atoms with van der Waals surface area (Å²) in [7, 11) is 0. The third-order valence-electron chi connectivity index (χ3n) is 4.28. The molecule has 25 heavy (non-hydrogen) atoms. The molecule has 5 nitrogen and oxygen atoms in total. The molecule has 0 unspecified atom stereocenters. The number of alkyl halides is 3. The highest BCUT2D eigenvalue weighted by molar-refractivity contribution is 5.95. The van der Waals surface area contributed by atoms with Crippen molar-refractivity contribution in [3.05, 3.63) is 42.2 Å². The van der Waals surface area contributed by atoms with Gasteiger partial charge in [0, 0.05) is 30.2 Å².